The zero-order valence-electron chi connectivity index (χ0n) is 17.0. The van der Waals surface area contributed by atoms with E-state index in [0.29, 0.717) is 19.3 Å². The lowest BCUT2D eigenvalue weighted by Crippen LogP contribution is -2.54. The molecule has 7 heteroatoms. The number of amides is 2. The summed E-state index contributed by atoms with van der Waals surface area (Å²) in [5, 5.41) is 7.77. The summed E-state index contributed by atoms with van der Waals surface area (Å²) in [7, 11) is -3.97. The number of aliphatic hydroxyl groups is 1. The first-order valence-electron chi connectivity index (χ1n) is 10.1. The number of likely N-dealkylation sites (tertiary alicyclic amines) is 1. The lowest BCUT2D eigenvalue weighted by atomic mass is 9.89. The smallest absolute Gasteiger partial charge is 0.248 e. The van der Waals surface area contributed by atoms with Crippen LogP contribution in [0, 0.1) is 12.8 Å². The topological polar surface area (TPSA) is 91.8 Å². The molecule has 0 saturated carbocycles. The van der Waals surface area contributed by atoms with E-state index < -0.39 is 26.9 Å². The SMILES string of the molecule is Cc1ccc(S(=O)(=O)[C@@H]2C(=O)N(Cc3ccccc3)C(=O)C[C@H]2CCCCO)cc1. The molecule has 2 aromatic rings. The van der Waals surface area contributed by atoms with Crippen LogP contribution >= 0.6 is 0 Å². The van der Waals surface area contributed by atoms with Gasteiger partial charge in [-0.1, -0.05) is 54.4 Å². The highest BCUT2D eigenvalue weighted by molar-refractivity contribution is 7.92. The summed E-state index contributed by atoms with van der Waals surface area (Å²) < 4.78 is 26.9. The van der Waals surface area contributed by atoms with Crippen molar-refractivity contribution in [3.05, 3.63) is 65.7 Å². The first-order valence-corrected chi connectivity index (χ1v) is 11.7. The molecule has 30 heavy (non-hydrogen) atoms. The maximum absolute atomic E-state index is 13.4. The summed E-state index contributed by atoms with van der Waals surface area (Å²) in [6.45, 7) is 1.91. The van der Waals surface area contributed by atoms with Gasteiger partial charge in [0.2, 0.25) is 11.8 Å². The van der Waals surface area contributed by atoms with E-state index in [-0.39, 0.29) is 30.4 Å². The van der Waals surface area contributed by atoms with Gasteiger partial charge in [-0.15, -0.1) is 0 Å². The van der Waals surface area contributed by atoms with Crippen molar-refractivity contribution in [3.8, 4) is 0 Å². The van der Waals surface area contributed by atoms with E-state index in [9.17, 15) is 18.0 Å². The lowest BCUT2D eigenvalue weighted by Gasteiger charge is -2.36. The van der Waals surface area contributed by atoms with Gasteiger partial charge in [0.25, 0.3) is 0 Å². The third kappa shape index (κ3) is 4.79. The number of hydrogen-bond donors (Lipinski definition) is 1. The van der Waals surface area contributed by atoms with Gasteiger partial charge >= 0.3 is 0 Å². The third-order valence-electron chi connectivity index (χ3n) is 5.53. The van der Waals surface area contributed by atoms with Gasteiger partial charge in [-0.3, -0.25) is 14.5 Å². The zero-order chi connectivity index (χ0) is 21.7. The minimum absolute atomic E-state index is 0.000238. The van der Waals surface area contributed by atoms with E-state index in [4.69, 9.17) is 5.11 Å². The Morgan fingerprint density at radius 1 is 1.00 bits per heavy atom. The van der Waals surface area contributed by atoms with Gasteiger partial charge in [0, 0.05) is 13.0 Å². The van der Waals surface area contributed by atoms with Gasteiger partial charge < -0.3 is 5.11 Å². The third-order valence-corrected chi connectivity index (χ3v) is 7.71. The molecule has 1 aliphatic rings. The number of carbonyl (C=O) groups excluding carboxylic acids is 2. The van der Waals surface area contributed by atoms with Crippen molar-refractivity contribution in [2.45, 2.75) is 49.3 Å². The lowest BCUT2D eigenvalue weighted by molar-refractivity contribution is -0.150. The monoisotopic (exact) mass is 429 g/mol. The fourth-order valence-electron chi connectivity index (χ4n) is 3.88. The predicted octanol–water partition coefficient (Wildman–Crippen LogP) is 2.88. The molecule has 0 aliphatic carbocycles. The summed E-state index contributed by atoms with van der Waals surface area (Å²) in [5.74, 6) is -1.62. The Balaban J connectivity index is 1.95. The van der Waals surface area contributed by atoms with Gasteiger partial charge in [-0.25, -0.2) is 8.42 Å². The molecule has 2 atom stereocenters. The Bertz CT molecular complexity index is 986. The van der Waals surface area contributed by atoms with E-state index >= 15 is 0 Å². The van der Waals surface area contributed by atoms with Crippen molar-refractivity contribution in [1.82, 2.24) is 4.90 Å². The van der Waals surface area contributed by atoms with Crippen LogP contribution in [-0.2, 0) is 26.0 Å². The molecule has 2 amide bonds. The standard InChI is InChI=1S/C23H27NO5S/c1-17-10-12-20(13-11-17)30(28,29)22-19(9-5-6-14-25)15-21(26)24(23(22)27)16-18-7-3-2-4-8-18/h2-4,7-8,10-13,19,22,25H,5-6,9,14-16H2,1H3/t19-,22+/m1/s1. The summed E-state index contributed by atoms with van der Waals surface area (Å²) in [6, 6.07) is 15.5. The van der Waals surface area contributed by atoms with Crippen LogP contribution in [0.3, 0.4) is 0 Å². The fraction of sp³-hybridized carbons (Fsp3) is 0.391. The van der Waals surface area contributed by atoms with E-state index in [1.54, 1.807) is 24.3 Å². The molecule has 2 aromatic carbocycles. The van der Waals surface area contributed by atoms with Gasteiger partial charge in [0.05, 0.1) is 11.4 Å². The Morgan fingerprint density at radius 2 is 1.67 bits per heavy atom. The first-order chi connectivity index (χ1) is 14.3. The molecular formula is C23H27NO5S. The molecule has 1 heterocycles. The van der Waals surface area contributed by atoms with Crippen LogP contribution in [0.2, 0.25) is 0 Å². The van der Waals surface area contributed by atoms with Crippen LogP contribution in [0.1, 0.15) is 36.8 Å². The molecule has 1 aliphatic heterocycles. The second-order valence-corrected chi connectivity index (χ2v) is 9.84. The summed E-state index contributed by atoms with van der Waals surface area (Å²) in [6.07, 6.45) is 1.46. The molecule has 6 nitrogen and oxygen atoms in total. The fourth-order valence-corrected chi connectivity index (χ4v) is 5.82. The molecule has 1 saturated heterocycles. The maximum atomic E-state index is 13.4. The van der Waals surface area contributed by atoms with Crippen LogP contribution in [0.25, 0.3) is 0 Å². The molecule has 160 valence electrons. The summed E-state index contributed by atoms with van der Waals surface area (Å²) >= 11 is 0. The number of benzene rings is 2. The number of piperidine rings is 1. The highest BCUT2D eigenvalue weighted by atomic mass is 32.2. The Labute approximate surface area is 177 Å². The predicted molar refractivity (Wildman–Crippen MR) is 113 cm³/mol. The largest absolute Gasteiger partial charge is 0.396 e. The Morgan fingerprint density at radius 3 is 2.30 bits per heavy atom. The number of nitrogens with zero attached hydrogens (tertiary/aromatic N) is 1. The van der Waals surface area contributed by atoms with Crippen molar-refractivity contribution in [2.75, 3.05) is 6.61 Å². The number of unbranched alkanes of at least 4 members (excludes halogenated alkanes) is 1. The second kappa shape index (κ2) is 9.53. The van der Waals surface area contributed by atoms with E-state index in [2.05, 4.69) is 0 Å². The number of aryl methyl sites for hydroxylation is 1. The number of imide groups is 1. The maximum Gasteiger partial charge on any atom is 0.248 e. The van der Waals surface area contributed by atoms with E-state index in [0.717, 1.165) is 16.0 Å². The van der Waals surface area contributed by atoms with Crippen LogP contribution in [0.4, 0.5) is 0 Å². The van der Waals surface area contributed by atoms with Crippen LogP contribution < -0.4 is 0 Å². The van der Waals surface area contributed by atoms with Gasteiger partial charge in [0.1, 0.15) is 5.25 Å². The van der Waals surface area contributed by atoms with Crippen molar-refractivity contribution in [2.24, 2.45) is 5.92 Å². The minimum Gasteiger partial charge on any atom is -0.396 e. The van der Waals surface area contributed by atoms with E-state index in [1.807, 2.05) is 25.1 Å². The molecular weight excluding hydrogens is 402 g/mol. The highest BCUT2D eigenvalue weighted by Gasteiger charge is 2.48. The molecule has 3 rings (SSSR count). The Hall–Kier alpha value is -2.51. The molecule has 1 N–H and O–H groups in total. The summed E-state index contributed by atoms with van der Waals surface area (Å²) in [4.78, 5) is 27.3. The van der Waals surface area contributed by atoms with Crippen molar-refractivity contribution < 1.29 is 23.1 Å². The summed E-state index contributed by atoms with van der Waals surface area (Å²) in [5.41, 5.74) is 1.69. The average Bonchev–Trinajstić information content (AvgIpc) is 2.72. The number of rotatable bonds is 8. The second-order valence-electron chi connectivity index (χ2n) is 7.77. The Kier molecular flexibility index (Phi) is 7.05. The van der Waals surface area contributed by atoms with Gasteiger partial charge in [0.15, 0.2) is 9.84 Å². The molecule has 0 radical (unpaired) electrons. The molecule has 0 spiro atoms. The quantitative estimate of drug-likeness (QED) is 0.515. The van der Waals surface area contributed by atoms with Crippen LogP contribution in [-0.4, -0.2) is 42.1 Å². The molecule has 0 aromatic heterocycles. The number of hydrogen-bond acceptors (Lipinski definition) is 5. The first kappa shape index (κ1) is 22.2. The number of sulfone groups is 1. The normalized spacial score (nSPS) is 19.9. The minimum atomic E-state index is -3.97. The van der Waals surface area contributed by atoms with Gasteiger partial charge in [-0.05, 0) is 43.4 Å². The molecule has 1 fully saturated rings. The van der Waals surface area contributed by atoms with Crippen molar-refractivity contribution in [3.63, 3.8) is 0 Å². The van der Waals surface area contributed by atoms with Crippen molar-refractivity contribution >= 4 is 21.7 Å². The van der Waals surface area contributed by atoms with Gasteiger partial charge in [-0.2, -0.15) is 0 Å². The zero-order valence-corrected chi connectivity index (χ0v) is 17.8. The average molecular weight is 430 g/mol. The van der Waals surface area contributed by atoms with Crippen molar-refractivity contribution in [1.29, 1.82) is 0 Å². The number of carbonyl (C=O) groups is 2. The van der Waals surface area contributed by atoms with Crippen LogP contribution in [0.5, 0.6) is 0 Å². The molecule has 0 unspecified atom stereocenters. The molecule has 0 bridgehead atoms. The highest BCUT2D eigenvalue weighted by Crippen LogP contribution is 2.34. The number of aliphatic hydroxyl groups excluding tert-OH is 1. The van der Waals surface area contributed by atoms with E-state index in [1.165, 1.54) is 12.1 Å². The van der Waals surface area contributed by atoms with Crippen LogP contribution in [0.15, 0.2) is 59.5 Å².